The summed E-state index contributed by atoms with van der Waals surface area (Å²) in [5.41, 5.74) is 3.99. The highest BCUT2D eigenvalue weighted by atomic mass is 16.5. The number of benzene rings is 1. The number of rotatable bonds is 6. The molecule has 1 heterocycles. The first kappa shape index (κ1) is 16.8. The minimum atomic E-state index is -0.673. The van der Waals surface area contributed by atoms with E-state index in [0.29, 0.717) is 25.6 Å². The Bertz CT molecular complexity index is 671. The lowest BCUT2D eigenvalue weighted by Gasteiger charge is -2.38. The van der Waals surface area contributed by atoms with Gasteiger partial charge < -0.3 is 9.84 Å². The molecule has 1 aromatic carbocycles. The standard InChI is InChI=1S/C20H25NO3/c1-3-4-7-24-19-6-5-15-9-17(14(2)8-16(15)10-19)11-21-12-18(13-21)20(22)23/h3-6,9-10,14,18H,7-8,11-13H2,1-2H3,(H,22,23)/b4-3+/t14-/m0/s1. The highest BCUT2D eigenvalue weighted by molar-refractivity contribution is 5.71. The molecule has 0 saturated carbocycles. The Hall–Kier alpha value is -2.07. The molecule has 24 heavy (non-hydrogen) atoms. The van der Waals surface area contributed by atoms with E-state index in [1.165, 1.54) is 16.7 Å². The van der Waals surface area contributed by atoms with Crippen LogP contribution < -0.4 is 4.74 Å². The van der Waals surface area contributed by atoms with E-state index in [4.69, 9.17) is 9.84 Å². The Morgan fingerprint density at radius 1 is 1.42 bits per heavy atom. The molecular weight excluding hydrogens is 302 g/mol. The lowest BCUT2D eigenvalue weighted by molar-refractivity contribution is -0.147. The summed E-state index contributed by atoms with van der Waals surface area (Å²) >= 11 is 0. The number of aliphatic carboxylic acids is 1. The number of likely N-dealkylation sites (tertiary alicyclic amines) is 1. The van der Waals surface area contributed by atoms with Crippen molar-refractivity contribution in [3.63, 3.8) is 0 Å². The number of hydrogen-bond donors (Lipinski definition) is 1. The van der Waals surface area contributed by atoms with Crippen LogP contribution in [0.3, 0.4) is 0 Å². The smallest absolute Gasteiger partial charge is 0.309 e. The molecule has 0 spiro atoms. The van der Waals surface area contributed by atoms with Gasteiger partial charge in [-0.2, -0.15) is 0 Å². The van der Waals surface area contributed by atoms with Gasteiger partial charge in [0.05, 0.1) is 5.92 Å². The van der Waals surface area contributed by atoms with Crippen LogP contribution in [0.15, 0.2) is 35.9 Å². The quantitative estimate of drug-likeness (QED) is 0.815. The molecule has 0 aromatic heterocycles. The number of nitrogens with zero attached hydrogens (tertiary/aromatic N) is 1. The summed E-state index contributed by atoms with van der Waals surface area (Å²) in [6.07, 6.45) is 7.27. The van der Waals surface area contributed by atoms with Crippen LogP contribution in [0.1, 0.15) is 25.0 Å². The van der Waals surface area contributed by atoms with Gasteiger partial charge in [0.1, 0.15) is 12.4 Å². The average molecular weight is 327 g/mol. The van der Waals surface area contributed by atoms with Crippen LogP contribution in [-0.4, -0.2) is 42.2 Å². The van der Waals surface area contributed by atoms with Gasteiger partial charge in [0, 0.05) is 19.6 Å². The van der Waals surface area contributed by atoms with Crippen molar-refractivity contribution < 1.29 is 14.6 Å². The molecule has 0 unspecified atom stereocenters. The van der Waals surface area contributed by atoms with Gasteiger partial charge in [0.2, 0.25) is 0 Å². The van der Waals surface area contributed by atoms with E-state index < -0.39 is 5.97 Å². The van der Waals surface area contributed by atoms with E-state index in [1.807, 2.05) is 25.1 Å². The number of carboxylic acids is 1. The highest BCUT2D eigenvalue weighted by Crippen LogP contribution is 2.32. The number of hydrogen-bond acceptors (Lipinski definition) is 3. The summed E-state index contributed by atoms with van der Waals surface area (Å²) in [6.45, 7) is 7.06. The first-order valence-electron chi connectivity index (χ1n) is 8.59. The summed E-state index contributed by atoms with van der Waals surface area (Å²) in [7, 11) is 0. The maximum absolute atomic E-state index is 10.9. The maximum Gasteiger partial charge on any atom is 0.309 e. The lowest BCUT2D eigenvalue weighted by Crippen LogP contribution is -2.51. The Kier molecular flexibility index (Phi) is 5.05. The van der Waals surface area contributed by atoms with Gasteiger partial charge in [-0.05, 0) is 42.5 Å². The van der Waals surface area contributed by atoms with Crippen molar-refractivity contribution >= 4 is 12.0 Å². The first-order chi connectivity index (χ1) is 11.6. The first-order valence-corrected chi connectivity index (χ1v) is 8.59. The van der Waals surface area contributed by atoms with Gasteiger partial charge >= 0.3 is 5.97 Å². The molecule has 2 aliphatic rings. The van der Waals surface area contributed by atoms with E-state index in [2.05, 4.69) is 30.0 Å². The van der Waals surface area contributed by atoms with Crippen LogP contribution in [0.5, 0.6) is 5.75 Å². The van der Waals surface area contributed by atoms with Crippen LogP contribution in [0.4, 0.5) is 0 Å². The van der Waals surface area contributed by atoms with Crippen molar-refractivity contribution in [2.75, 3.05) is 26.2 Å². The van der Waals surface area contributed by atoms with Gasteiger partial charge in [-0.15, -0.1) is 0 Å². The fraction of sp³-hybridized carbons (Fsp3) is 0.450. The molecule has 0 amide bonds. The molecule has 1 fully saturated rings. The number of allylic oxidation sites excluding steroid dienone is 1. The van der Waals surface area contributed by atoms with Crippen LogP contribution in [0, 0.1) is 11.8 Å². The van der Waals surface area contributed by atoms with Gasteiger partial charge in [0.15, 0.2) is 0 Å². The zero-order valence-corrected chi connectivity index (χ0v) is 14.4. The molecule has 4 heteroatoms. The van der Waals surface area contributed by atoms with E-state index in [-0.39, 0.29) is 5.92 Å². The number of carbonyl (C=O) groups is 1. The van der Waals surface area contributed by atoms with E-state index in [0.717, 1.165) is 18.7 Å². The van der Waals surface area contributed by atoms with Crippen molar-refractivity contribution in [2.45, 2.75) is 20.3 Å². The van der Waals surface area contributed by atoms with Gasteiger partial charge in [-0.25, -0.2) is 0 Å². The maximum atomic E-state index is 10.9. The second-order valence-electron chi connectivity index (χ2n) is 6.79. The highest BCUT2D eigenvalue weighted by Gasteiger charge is 2.33. The molecule has 1 aromatic rings. The zero-order valence-electron chi connectivity index (χ0n) is 14.4. The van der Waals surface area contributed by atoms with Crippen molar-refractivity contribution in [3.8, 4) is 5.75 Å². The molecule has 0 bridgehead atoms. The van der Waals surface area contributed by atoms with Gasteiger partial charge in [-0.3, -0.25) is 9.69 Å². The predicted molar refractivity (Wildman–Crippen MR) is 95.2 cm³/mol. The van der Waals surface area contributed by atoms with Gasteiger partial charge in [0.25, 0.3) is 0 Å². The largest absolute Gasteiger partial charge is 0.490 e. The molecule has 4 nitrogen and oxygen atoms in total. The third kappa shape index (κ3) is 3.70. The Morgan fingerprint density at radius 3 is 2.92 bits per heavy atom. The van der Waals surface area contributed by atoms with E-state index >= 15 is 0 Å². The topological polar surface area (TPSA) is 49.8 Å². The fourth-order valence-corrected chi connectivity index (χ4v) is 3.35. The summed E-state index contributed by atoms with van der Waals surface area (Å²) in [4.78, 5) is 13.1. The predicted octanol–water partition coefficient (Wildman–Crippen LogP) is 3.23. The molecule has 1 aliphatic heterocycles. The average Bonchev–Trinajstić information content (AvgIpc) is 2.50. The second-order valence-corrected chi connectivity index (χ2v) is 6.79. The molecule has 1 N–H and O–H groups in total. The fourth-order valence-electron chi connectivity index (χ4n) is 3.35. The Balaban J connectivity index is 1.65. The molecule has 3 rings (SSSR count). The van der Waals surface area contributed by atoms with E-state index in [9.17, 15) is 4.79 Å². The van der Waals surface area contributed by atoms with Crippen LogP contribution >= 0.6 is 0 Å². The summed E-state index contributed by atoms with van der Waals surface area (Å²) in [6, 6.07) is 6.30. The van der Waals surface area contributed by atoms with Crippen LogP contribution in [0.25, 0.3) is 6.08 Å². The molecule has 0 radical (unpaired) electrons. The second kappa shape index (κ2) is 7.22. The van der Waals surface area contributed by atoms with E-state index in [1.54, 1.807) is 0 Å². The Labute approximate surface area is 143 Å². The summed E-state index contributed by atoms with van der Waals surface area (Å²) in [5, 5.41) is 8.99. The number of carboxylic acid groups (broad SMARTS) is 1. The molecule has 1 saturated heterocycles. The zero-order chi connectivity index (χ0) is 17.1. The van der Waals surface area contributed by atoms with Crippen molar-refractivity contribution in [1.82, 2.24) is 4.90 Å². The minimum absolute atomic E-state index is 0.186. The summed E-state index contributed by atoms with van der Waals surface area (Å²) in [5.74, 6) is 0.538. The molecular formula is C20H25NO3. The SMILES string of the molecule is C/C=C/COc1ccc2c(c1)C[C@H](C)C(CN1CC(C(=O)O)C1)=C2. The third-order valence-electron chi connectivity index (χ3n) is 4.91. The summed E-state index contributed by atoms with van der Waals surface area (Å²) < 4.78 is 5.73. The number of ether oxygens (including phenoxy) is 1. The van der Waals surface area contributed by atoms with Gasteiger partial charge in [-0.1, -0.05) is 36.8 Å². The molecule has 1 aliphatic carbocycles. The minimum Gasteiger partial charge on any atom is -0.490 e. The normalized spacial score (nSPS) is 21.2. The van der Waals surface area contributed by atoms with Crippen molar-refractivity contribution in [1.29, 1.82) is 0 Å². The monoisotopic (exact) mass is 327 g/mol. The third-order valence-corrected chi connectivity index (χ3v) is 4.91. The Morgan fingerprint density at radius 2 is 2.21 bits per heavy atom. The van der Waals surface area contributed by atoms with Crippen LogP contribution in [-0.2, 0) is 11.2 Å². The number of fused-ring (bicyclic) bond motifs is 1. The molecule has 1 atom stereocenters. The van der Waals surface area contributed by atoms with Crippen LogP contribution in [0.2, 0.25) is 0 Å². The lowest BCUT2D eigenvalue weighted by atomic mass is 9.83. The molecule has 128 valence electrons. The van der Waals surface area contributed by atoms with Crippen molar-refractivity contribution in [3.05, 3.63) is 47.1 Å². The van der Waals surface area contributed by atoms with Crippen molar-refractivity contribution in [2.24, 2.45) is 11.8 Å².